The molecule has 0 saturated carbocycles. The summed E-state index contributed by atoms with van der Waals surface area (Å²) in [6.07, 6.45) is 5.74. The molecule has 1 saturated heterocycles. The predicted octanol–water partition coefficient (Wildman–Crippen LogP) is 4.05. The molecule has 1 aliphatic rings. The minimum atomic E-state index is -1.61. The number of carbonyl (C=O) groups is 2. The van der Waals surface area contributed by atoms with Crippen molar-refractivity contribution >= 4 is 40.7 Å². The molecule has 1 aliphatic heterocycles. The second kappa shape index (κ2) is 10.4. The van der Waals surface area contributed by atoms with Gasteiger partial charge in [-0.25, -0.2) is 14.6 Å². The molecule has 2 N–H and O–H groups in total. The Morgan fingerprint density at radius 1 is 1.10 bits per heavy atom. The van der Waals surface area contributed by atoms with Crippen LogP contribution in [-0.2, 0) is 14.2 Å². The molecule has 198 valence electrons. The lowest BCUT2D eigenvalue weighted by atomic mass is 9.98. The zero-order valence-corrected chi connectivity index (χ0v) is 21.9. The first-order valence-electron chi connectivity index (χ1n) is 12.0. The van der Waals surface area contributed by atoms with Crippen molar-refractivity contribution in [2.75, 3.05) is 12.3 Å². The Labute approximate surface area is 229 Å². The number of aromatic nitrogens is 4. The summed E-state index contributed by atoms with van der Waals surface area (Å²) in [5.74, 6) is 1.33. The van der Waals surface area contributed by atoms with E-state index >= 15 is 0 Å². The number of carbonyl (C=O) groups excluding carboxylic acids is 2. The zero-order chi connectivity index (χ0) is 27.7. The van der Waals surface area contributed by atoms with Gasteiger partial charge in [-0.15, -0.1) is 6.42 Å². The highest BCUT2D eigenvalue weighted by Crippen LogP contribution is 2.40. The summed E-state index contributed by atoms with van der Waals surface area (Å²) in [6, 6.07) is 13.8. The van der Waals surface area contributed by atoms with Crippen LogP contribution in [-0.4, -0.2) is 49.8 Å². The summed E-state index contributed by atoms with van der Waals surface area (Å²) in [7, 11) is 0. The second-order valence-electron chi connectivity index (χ2n) is 9.24. The predicted molar refractivity (Wildman–Crippen MR) is 143 cm³/mol. The second-order valence-corrected chi connectivity index (χ2v) is 9.60. The summed E-state index contributed by atoms with van der Waals surface area (Å²) in [5, 5.41) is 0.0758. The van der Waals surface area contributed by atoms with Crippen molar-refractivity contribution in [1.29, 1.82) is 0 Å². The number of hydrogen-bond acceptors (Lipinski definition) is 9. The van der Waals surface area contributed by atoms with E-state index in [-0.39, 0.29) is 24.1 Å². The molecule has 2 aromatic heterocycles. The smallest absolute Gasteiger partial charge is 0.338 e. The monoisotopic (exact) mass is 545 g/mol. The molecule has 5 rings (SSSR count). The van der Waals surface area contributed by atoms with Crippen molar-refractivity contribution in [3.63, 3.8) is 0 Å². The number of anilines is 1. The maximum atomic E-state index is 13.1. The van der Waals surface area contributed by atoms with Gasteiger partial charge in [0, 0.05) is 6.42 Å². The average Bonchev–Trinajstić information content (AvgIpc) is 3.50. The molecule has 11 heteroatoms. The number of benzene rings is 2. The normalized spacial score (nSPS) is 20.5. The van der Waals surface area contributed by atoms with Gasteiger partial charge in [0.1, 0.15) is 18.4 Å². The van der Waals surface area contributed by atoms with E-state index < -0.39 is 29.9 Å². The third-order valence-corrected chi connectivity index (χ3v) is 6.74. The van der Waals surface area contributed by atoms with Gasteiger partial charge in [0.25, 0.3) is 0 Å². The lowest BCUT2D eigenvalue weighted by molar-refractivity contribution is -0.0967. The summed E-state index contributed by atoms with van der Waals surface area (Å²) < 4.78 is 19.3. The fraction of sp³-hybridized carbons (Fsp3) is 0.250. The van der Waals surface area contributed by atoms with Crippen molar-refractivity contribution in [3.8, 4) is 12.3 Å². The molecule has 3 atom stereocenters. The van der Waals surface area contributed by atoms with Crippen molar-refractivity contribution < 1.29 is 23.8 Å². The highest BCUT2D eigenvalue weighted by atomic mass is 35.5. The van der Waals surface area contributed by atoms with Crippen molar-refractivity contribution in [2.45, 2.75) is 38.2 Å². The highest BCUT2D eigenvalue weighted by Gasteiger charge is 2.52. The molecule has 0 amide bonds. The Morgan fingerprint density at radius 3 is 2.33 bits per heavy atom. The number of aryl methyl sites for hydroxylation is 2. The Hall–Kier alpha value is -4.46. The maximum Gasteiger partial charge on any atom is 0.338 e. The van der Waals surface area contributed by atoms with Crippen molar-refractivity contribution in [1.82, 2.24) is 19.5 Å². The Balaban J connectivity index is 1.46. The first kappa shape index (κ1) is 26.2. The number of terminal acetylenes is 1. The lowest BCUT2D eigenvalue weighted by Crippen LogP contribution is -2.45. The molecule has 10 nitrogen and oxygen atoms in total. The van der Waals surface area contributed by atoms with Gasteiger partial charge in [-0.2, -0.15) is 9.97 Å². The van der Waals surface area contributed by atoms with E-state index in [1.807, 2.05) is 13.8 Å². The molecule has 0 radical (unpaired) electrons. The number of nitrogen functional groups attached to an aromatic ring is 1. The minimum absolute atomic E-state index is 0.0511. The first-order valence-corrected chi connectivity index (χ1v) is 12.4. The number of esters is 2. The fourth-order valence-corrected chi connectivity index (χ4v) is 4.51. The standard InChI is InChI=1S/C28H24ClN5O5/c1-4-28(14-37-25(35)18-9-5-16(2)6-10-18)20(38-26(36)19-11-7-17(3)8-12-19)13-21(39-28)34-15-31-22-23(29)32-27(30)33-24(22)34/h1,5-12,15,20-21H,13-14H2,2-3H3,(H2,30,32,33)/t20-,21?,28+/m0/s1. The van der Waals surface area contributed by atoms with E-state index in [0.29, 0.717) is 22.3 Å². The van der Waals surface area contributed by atoms with Crippen LogP contribution >= 0.6 is 11.6 Å². The van der Waals surface area contributed by atoms with Crippen LogP contribution < -0.4 is 5.73 Å². The van der Waals surface area contributed by atoms with E-state index in [4.69, 9.17) is 38.0 Å². The number of hydrogen-bond donors (Lipinski definition) is 1. The molecule has 1 fully saturated rings. The van der Waals surface area contributed by atoms with Gasteiger partial charge < -0.3 is 19.9 Å². The molecule has 0 aliphatic carbocycles. The summed E-state index contributed by atoms with van der Waals surface area (Å²) in [6.45, 7) is 3.45. The van der Waals surface area contributed by atoms with Crippen LogP contribution in [0.25, 0.3) is 11.2 Å². The van der Waals surface area contributed by atoms with E-state index in [1.54, 1.807) is 53.1 Å². The first-order chi connectivity index (χ1) is 18.7. The quantitative estimate of drug-likeness (QED) is 0.216. The van der Waals surface area contributed by atoms with Crippen LogP contribution in [0.4, 0.5) is 5.95 Å². The third kappa shape index (κ3) is 5.14. The third-order valence-electron chi connectivity index (χ3n) is 6.47. The molecule has 2 aromatic carbocycles. The van der Waals surface area contributed by atoms with E-state index in [0.717, 1.165) is 11.1 Å². The summed E-state index contributed by atoms with van der Waals surface area (Å²) in [5.41, 5.74) is 7.48. The van der Waals surface area contributed by atoms with Gasteiger partial charge >= 0.3 is 11.9 Å². The van der Waals surface area contributed by atoms with Crippen LogP contribution in [0.3, 0.4) is 0 Å². The Bertz CT molecular complexity index is 1600. The number of nitrogens with two attached hydrogens (primary N) is 1. The molecule has 0 bridgehead atoms. The number of ether oxygens (including phenoxy) is 3. The van der Waals surface area contributed by atoms with Crippen LogP contribution in [0.1, 0.15) is 44.5 Å². The molecular formula is C28H24ClN5O5. The number of nitrogens with zero attached hydrogens (tertiary/aromatic N) is 4. The van der Waals surface area contributed by atoms with Gasteiger partial charge in [-0.3, -0.25) is 4.57 Å². The molecule has 1 unspecified atom stereocenters. The van der Waals surface area contributed by atoms with Crippen LogP contribution in [0.15, 0.2) is 54.9 Å². The fourth-order valence-electron chi connectivity index (χ4n) is 4.29. The van der Waals surface area contributed by atoms with E-state index in [2.05, 4.69) is 20.9 Å². The minimum Gasteiger partial charge on any atom is -0.458 e. The number of imidazole rings is 1. The maximum absolute atomic E-state index is 13.1. The molecule has 39 heavy (non-hydrogen) atoms. The Kier molecular flexibility index (Phi) is 6.95. The molecule has 4 aromatic rings. The van der Waals surface area contributed by atoms with E-state index in [9.17, 15) is 9.59 Å². The van der Waals surface area contributed by atoms with Gasteiger partial charge in [0.15, 0.2) is 16.9 Å². The van der Waals surface area contributed by atoms with Crippen molar-refractivity contribution in [2.24, 2.45) is 0 Å². The number of fused-ring (bicyclic) bond motifs is 1. The zero-order valence-electron chi connectivity index (χ0n) is 21.1. The molecule has 3 heterocycles. The van der Waals surface area contributed by atoms with Crippen LogP contribution in [0.5, 0.6) is 0 Å². The highest BCUT2D eigenvalue weighted by molar-refractivity contribution is 6.33. The average molecular weight is 546 g/mol. The number of halogens is 1. The molecular weight excluding hydrogens is 522 g/mol. The largest absolute Gasteiger partial charge is 0.458 e. The van der Waals surface area contributed by atoms with Crippen molar-refractivity contribution in [3.05, 3.63) is 82.3 Å². The van der Waals surface area contributed by atoms with Gasteiger partial charge in [-0.1, -0.05) is 52.9 Å². The van der Waals surface area contributed by atoms with Gasteiger partial charge in [0.05, 0.1) is 17.5 Å². The van der Waals surface area contributed by atoms with Gasteiger partial charge in [0.2, 0.25) is 11.5 Å². The SMILES string of the molecule is C#C[C@]1(COC(=O)c2ccc(C)cc2)OC(n2cnc3c(Cl)nc(N)nc32)C[C@@H]1OC(=O)c1ccc(C)cc1. The number of rotatable bonds is 6. The lowest BCUT2D eigenvalue weighted by Gasteiger charge is -2.28. The Morgan fingerprint density at radius 2 is 1.72 bits per heavy atom. The topological polar surface area (TPSA) is 131 Å². The van der Waals surface area contributed by atoms with E-state index in [1.165, 1.54) is 6.33 Å². The molecule has 0 spiro atoms. The summed E-state index contributed by atoms with van der Waals surface area (Å²) >= 11 is 6.19. The summed E-state index contributed by atoms with van der Waals surface area (Å²) in [4.78, 5) is 38.3. The van der Waals surface area contributed by atoms with Gasteiger partial charge in [-0.05, 0) is 38.1 Å². The van der Waals surface area contributed by atoms with Crippen LogP contribution in [0.2, 0.25) is 5.15 Å². The van der Waals surface area contributed by atoms with Crippen LogP contribution in [0, 0.1) is 26.2 Å².